The lowest BCUT2D eigenvalue weighted by Crippen LogP contribution is -2.22. The van der Waals surface area contributed by atoms with Gasteiger partial charge in [-0.05, 0) is 31.5 Å². The Hall–Kier alpha value is -3.82. The molecule has 0 unspecified atom stereocenters. The van der Waals surface area contributed by atoms with Crippen LogP contribution >= 0.6 is 0 Å². The highest BCUT2D eigenvalue weighted by Gasteiger charge is 2.23. The highest BCUT2D eigenvalue weighted by Crippen LogP contribution is 2.28. The van der Waals surface area contributed by atoms with Gasteiger partial charge in [0, 0.05) is 36.6 Å². The Labute approximate surface area is 185 Å². The van der Waals surface area contributed by atoms with Crippen LogP contribution in [0.15, 0.2) is 30.6 Å². The highest BCUT2D eigenvalue weighted by atomic mass is 16.5. The number of nitrogens with one attached hydrogen (secondary N) is 1. The first-order valence-electron chi connectivity index (χ1n) is 10.2. The van der Waals surface area contributed by atoms with Crippen LogP contribution in [0.25, 0.3) is 17.0 Å². The average Bonchev–Trinajstić information content (AvgIpc) is 3.28. The van der Waals surface area contributed by atoms with Crippen molar-refractivity contribution in [1.82, 2.24) is 34.5 Å². The van der Waals surface area contributed by atoms with Crippen LogP contribution < -0.4 is 10.1 Å². The van der Waals surface area contributed by atoms with Gasteiger partial charge in [0.25, 0.3) is 11.9 Å². The predicted octanol–water partition coefficient (Wildman–Crippen LogP) is 2.88. The smallest absolute Gasteiger partial charge is 0.263 e. The number of aryl methyl sites for hydroxylation is 3. The van der Waals surface area contributed by atoms with Crippen LogP contribution in [0.4, 0.5) is 5.82 Å². The number of aromatic nitrogens is 7. The fraction of sp³-hybridized carbons (Fsp3) is 0.364. The molecule has 1 N–H and O–H groups in total. The van der Waals surface area contributed by atoms with Gasteiger partial charge in [0.2, 0.25) is 5.88 Å². The molecule has 4 aromatic heterocycles. The average molecular weight is 435 g/mol. The topological polar surface area (TPSA) is 113 Å². The van der Waals surface area contributed by atoms with Crippen molar-refractivity contribution >= 4 is 22.8 Å². The van der Waals surface area contributed by atoms with Crippen molar-refractivity contribution in [3.63, 3.8) is 0 Å². The number of hydrogen-bond donors (Lipinski definition) is 1. The van der Waals surface area contributed by atoms with E-state index in [0.717, 1.165) is 22.3 Å². The zero-order chi connectivity index (χ0) is 23.0. The van der Waals surface area contributed by atoms with E-state index in [-0.39, 0.29) is 17.9 Å². The van der Waals surface area contributed by atoms with Gasteiger partial charge in [-0.25, -0.2) is 19.6 Å². The van der Waals surface area contributed by atoms with Gasteiger partial charge >= 0.3 is 0 Å². The molecular formula is C22H26N8O2. The van der Waals surface area contributed by atoms with Crippen LogP contribution in [0.3, 0.4) is 0 Å². The minimum absolute atomic E-state index is 0.217. The monoisotopic (exact) mass is 434 g/mol. The van der Waals surface area contributed by atoms with E-state index in [9.17, 15) is 4.79 Å². The summed E-state index contributed by atoms with van der Waals surface area (Å²) in [6, 6.07) is 5.50. The lowest BCUT2D eigenvalue weighted by Gasteiger charge is -2.13. The van der Waals surface area contributed by atoms with Gasteiger partial charge in [-0.15, -0.1) is 5.10 Å². The van der Waals surface area contributed by atoms with Crippen molar-refractivity contribution in [3.05, 3.63) is 47.5 Å². The first-order valence-corrected chi connectivity index (χ1v) is 10.2. The number of carbonyl (C=O) groups excluding carboxylic acids is 1. The molecule has 4 aromatic rings. The van der Waals surface area contributed by atoms with E-state index in [1.165, 1.54) is 4.68 Å². The molecule has 0 aromatic carbocycles. The number of ether oxygens (including phenoxy) is 1. The van der Waals surface area contributed by atoms with Crippen LogP contribution in [0.1, 0.15) is 37.7 Å². The van der Waals surface area contributed by atoms with Crippen molar-refractivity contribution in [2.45, 2.75) is 40.0 Å². The van der Waals surface area contributed by atoms with Gasteiger partial charge < -0.3 is 10.1 Å². The molecule has 0 spiro atoms. The molecule has 0 bridgehead atoms. The van der Waals surface area contributed by atoms with Gasteiger partial charge in [0.05, 0.1) is 11.1 Å². The normalized spacial score (nSPS) is 11.7. The number of anilines is 1. The summed E-state index contributed by atoms with van der Waals surface area (Å²) in [6.07, 6.45) is 3.25. The summed E-state index contributed by atoms with van der Waals surface area (Å²) >= 11 is 0. The maximum absolute atomic E-state index is 12.7. The van der Waals surface area contributed by atoms with E-state index < -0.39 is 0 Å². The molecular weight excluding hydrogens is 408 g/mol. The summed E-state index contributed by atoms with van der Waals surface area (Å²) in [7, 11) is 1.80. The SMILES string of the molecule is Cc1cc(C)c2c(OCC(=O)Nc3cc(C(C)(C)C)nn3-c3ncccn3)nn(C)c2n1. The Kier molecular flexibility index (Phi) is 5.37. The molecule has 32 heavy (non-hydrogen) atoms. The fourth-order valence-electron chi connectivity index (χ4n) is 3.35. The summed E-state index contributed by atoms with van der Waals surface area (Å²) in [6.45, 7) is 9.82. The van der Waals surface area contributed by atoms with E-state index in [0.29, 0.717) is 23.3 Å². The third-order valence-electron chi connectivity index (χ3n) is 4.91. The quantitative estimate of drug-likeness (QED) is 0.514. The van der Waals surface area contributed by atoms with Crippen LogP contribution in [0, 0.1) is 13.8 Å². The molecule has 0 fully saturated rings. The molecule has 0 atom stereocenters. The summed E-state index contributed by atoms with van der Waals surface area (Å²) in [5, 5.41) is 12.6. The molecule has 10 nitrogen and oxygen atoms in total. The largest absolute Gasteiger partial charge is 0.466 e. The predicted molar refractivity (Wildman–Crippen MR) is 120 cm³/mol. The molecule has 1 amide bonds. The molecule has 4 rings (SSSR count). The molecule has 0 saturated heterocycles. The van der Waals surface area contributed by atoms with Crippen molar-refractivity contribution in [2.75, 3.05) is 11.9 Å². The second-order valence-corrected chi connectivity index (χ2v) is 8.67. The van der Waals surface area contributed by atoms with Crippen molar-refractivity contribution in [3.8, 4) is 11.8 Å². The molecule has 10 heteroatoms. The summed E-state index contributed by atoms with van der Waals surface area (Å²) < 4.78 is 8.94. The summed E-state index contributed by atoms with van der Waals surface area (Å²) in [5.74, 6) is 0.859. The van der Waals surface area contributed by atoms with Crippen LogP contribution in [0.2, 0.25) is 0 Å². The molecule has 0 radical (unpaired) electrons. The second-order valence-electron chi connectivity index (χ2n) is 8.67. The van der Waals surface area contributed by atoms with Crippen molar-refractivity contribution < 1.29 is 9.53 Å². The fourth-order valence-corrected chi connectivity index (χ4v) is 3.35. The van der Waals surface area contributed by atoms with Gasteiger partial charge in [-0.3, -0.25) is 4.79 Å². The highest BCUT2D eigenvalue weighted by molar-refractivity contribution is 5.92. The number of carbonyl (C=O) groups is 1. The zero-order valence-electron chi connectivity index (χ0n) is 19.0. The van der Waals surface area contributed by atoms with Crippen LogP contribution in [0.5, 0.6) is 5.88 Å². The van der Waals surface area contributed by atoms with Gasteiger partial charge in [0.15, 0.2) is 12.3 Å². The molecule has 0 aliphatic carbocycles. The van der Waals surface area contributed by atoms with Gasteiger partial charge in [-0.2, -0.15) is 9.78 Å². The second kappa shape index (κ2) is 8.03. The lowest BCUT2D eigenvalue weighted by molar-refractivity contribution is -0.118. The number of pyridine rings is 1. The number of nitrogens with zero attached hydrogens (tertiary/aromatic N) is 7. The maximum Gasteiger partial charge on any atom is 0.263 e. The number of fused-ring (bicyclic) bond motifs is 1. The van der Waals surface area contributed by atoms with E-state index in [2.05, 4.69) is 30.5 Å². The van der Waals surface area contributed by atoms with E-state index in [1.54, 1.807) is 30.2 Å². The first-order chi connectivity index (χ1) is 15.1. The molecule has 0 aliphatic rings. The Morgan fingerprint density at radius 3 is 2.53 bits per heavy atom. The zero-order valence-corrected chi connectivity index (χ0v) is 19.0. The van der Waals surface area contributed by atoms with Crippen molar-refractivity contribution in [2.24, 2.45) is 7.05 Å². The third kappa shape index (κ3) is 4.16. The Balaban J connectivity index is 1.57. The first kappa shape index (κ1) is 21.4. The standard InChI is InChI=1S/C22H26N8O2/c1-13-10-14(2)25-19-18(13)20(28-29(19)6)32-12-17(31)26-16-11-15(22(3,4)5)27-30(16)21-23-8-7-9-24-21/h7-11H,12H2,1-6H3,(H,26,31). The Bertz CT molecular complexity index is 1280. The Morgan fingerprint density at radius 2 is 1.84 bits per heavy atom. The van der Waals surface area contributed by atoms with E-state index >= 15 is 0 Å². The maximum atomic E-state index is 12.7. The summed E-state index contributed by atoms with van der Waals surface area (Å²) in [4.78, 5) is 25.8. The molecule has 0 aliphatic heterocycles. The van der Waals surface area contributed by atoms with Crippen LogP contribution in [-0.4, -0.2) is 47.0 Å². The molecule has 4 heterocycles. The Morgan fingerprint density at radius 1 is 1.12 bits per heavy atom. The van der Waals surface area contributed by atoms with E-state index in [4.69, 9.17) is 4.74 Å². The summed E-state index contributed by atoms with van der Waals surface area (Å²) in [5.41, 5.74) is 3.19. The lowest BCUT2D eigenvalue weighted by atomic mass is 9.92. The number of hydrogen-bond acceptors (Lipinski definition) is 7. The van der Waals surface area contributed by atoms with Gasteiger partial charge in [0.1, 0.15) is 5.82 Å². The number of rotatable bonds is 5. The van der Waals surface area contributed by atoms with Crippen LogP contribution in [-0.2, 0) is 17.3 Å². The molecule has 166 valence electrons. The van der Waals surface area contributed by atoms with E-state index in [1.807, 2.05) is 46.8 Å². The minimum Gasteiger partial charge on any atom is -0.466 e. The molecule has 0 saturated carbocycles. The minimum atomic E-state index is -0.348. The van der Waals surface area contributed by atoms with Gasteiger partial charge in [-0.1, -0.05) is 20.8 Å². The third-order valence-corrected chi connectivity index (χ3v) is 4.91. The number of amides is 1. The van der Waals surface area contributed by atoms with Crippen molar-refractivity contribution in [1.29, 1.82) is 0 Å².